The van der Waals surface area contributed by atoms with Crippen LogP contribution in [0.4, 0.5) is 5.82 Å². The maximum absolute atomic E-state index is 11.2. The number of hydrogen-bond acceptors (Lipinski definition) is 7. The van der Waals surface area contributed by atoms with Gasteiger partial charge in [0.1, 0.15) is 11.9 Å². The van der Waals surface area contributed by atoms with Crippen molar-refractivity contribution >= 4 is 17.2 Å². The number of nitrogens with one attached hydrogen (secondary N) is 1. The molecule has 2 N–H and O–H groups in total. The molecule has 1 aromatic carbocycles. The molecule has 0 spiro atoms. The largest absolute Gasteiger partial charge is 0.377 e. The Kier molecular flexibility index (Phi) is 6.18. The Morgan fingerprint density at radius 3 is 2.87 bits per heavy atom. The Hall–Kier alpha value is -2.66. The average molecular weight is 430 g/mol. The summed E-state index contributed by atoms with van der Waals surface area (Å²) < 4.78 is 30.9. The van der Waals surface area contributed by atoms with Crippen LogP contribution >= 0.6 is 0 Å². The number of nitrogens with zero attached hydrogens (tertiary/aromatic N) is 4. The monoisotopic (exact) mass is 429 g/mol. The highest BCUT2D eigenvalue weighted by molar-refractivity contribution is 7.74. The summed E-state index contributed by atoms with van der Waals surface area (Å²) in [5.74, 6) is 1.25. The van der Waals surface area contributed by atoms with E-state index < -0.39 is 17.5 Å². The van der Waals surface area contributed by atoms with Crippen LogP contribution in [0.25, 0.3) is 22.5 Å². The molecule has 2 unspecified atom stereocenters. The van der Waals surface area contributed by atoms with E-state index in [4.69, 9.17) is 18.5 Å². The minimum Gasteiger partial charge on any atom is -0.377 e. The molecule has 0 bridgehead atoms. The number of ether oxygens (including phenoxy) is 1. The molecule has 158 valence electrons. The molecular weight excluding hydrogens is 406 g/mol. The number of benzene rings is 1. The van der Waals surface area contributed by atoms with Crippen molar-refractivity contribution in [1.82, 2.24) is 20.2 Å². The second-order valence-corrected chi connectivity index (χ2v) is 7.74. The minimum absolute atomic E-state index is 0.148. The van der Waals surface area contributed by atoms with Crippen molar-refractivity contribution in [3.05, 3.63) is 48.4 Å². The predicted molar refractivity (Wildman–Crippen MR) is 113 cm³/mol. The van der Waals surface area contributed by atoms with Crippen molar-refractivity contribution in [3.63, 3.8) is 0 Å². The number of aromatic amines is 1. The van der Waals surface area contributed by atoms with Crippen LogP contribution in [0.5, 0.6) is 0 Å². The van der Waals surface area contributed by atoms with Gasteiger partial charge in [0.15, 0.2) is 5.82 Å². The Morgan fingerprint density at radius 1 is 1.30 bits per heavy atom. The van der Waals surface area contributed by atoms with Gasteiger partial charge in [0.25, 0.3) is 0 Å². The first-order valence-electron chi connectivity index (χ1n) is 9.62. The van der Waals surface area contributed by atoms with E-state index in [1.807, 2.05) is 36.5 Å². The molecule has 0 saturated carbocycles. The van der Waals surface area contributed by atoms with Crippen molar-refractivity contribution in [1.29, 1.82) is 0 Å². The fraction of sp³-hybridized carbons (Fsp3) is 0.350. The molecule has 0 amide bonds. The molecule has 1 saturated heterocycles. The number of anilines is 1. The molecule has 3 aromatic rings. The normalized spacial score (nSPS) is 18.9. The summed E-state index contributed by atoms with van der Waals surface area (Å²) in [5.41, 5.74) is 3.31. The molecule has 0 aliphatic carbocycles. The highest BCUT2D eigenvalue weighted by Crippen LogP contribution is 2.29. The standard InChI is InChI=1S/C20H23N5O4S/c1-13-12-28-7-6-25(13)19-9-18(14(2)29-30(26)27)23-20(24-19)16-5-3-4-15(8-16)17-10-21-22-11-17/h3-5,8-11,13-14H,6-7,12H2,1-2H3,(H,21,22)(H,26,27)/t13-,14?/m0/s1. The smallest absolute Gasteiger partial charge is 0.302 e. The van der Waals surface area contributed by atoms with Crippen molar-refractivity contribution in [2.75, 3.05) is 24.7 Å². The maximum atomic E-state index is 11.2. The zero-order valence-electron chi connectivity index (χ0n) is 16.7. The van der Waals surface area contributed by atoms with Crippen LogP contribution < -0.4 is 4.90 Å². The molecule has 10 heteroatoms. The Bertz CT molecular complexity index is 1030. The maximum Gasteiger partial charge on any atom is 0.302 e. The van der Waals surface area contributed by atoms with Gasteiger partial charge >= 0.3 is 11.4 Å². The lowest BCUT2D eigenvalue weighted by atomic mass is 10.1. The van der Waals surface area contributed by atoms with Crippen molar-refractivity contribution in [2.45, 2.75) is 26.0 Å². The first kappa shape index (κ1) is 20.6. The van der Waals surface area contributed by atoms with E-state index >= 15 is 0 Å². The predicted octanol–water partition coefficient (Wildman–Crippen LogP) is 2.97. The van der Waals surface area contributed by atoms with E-state index in [2.05, 4.69) is 27.0 Å². The highest BCUT2D eigenvalue weighted by Gasteiger charge is 2.23. The van der Waals surface area contributed by atoms with Crippen LogP contribution in [0.2, 0.25) is 0 Å². The van der Waals surface area contributed by atoms with Gasteiger partial charge < -0.3 is 9.64 Å². The number of morpholine rings is 1. The van der Waals surface area contributed by atoms with Crippen LogP contribution in [0, 0.1) is 0 Å². The molecule has 2 aromatic heterocycles. The molecule has 0 radical (unpaired) electrons. The Labute approximate surface area is 177 Å². The summed E-state index contributed by atoms with van der Waals surface area (Å²) in [6, 6.07) is 9.81. The zero-order chi connectivity index (χ0) is 21.1. The van der Waals surface area contributed by atoms with Gasteiger partial charge in [0.05, 0.1) is 31.1 Å². The van der Waals surface area contributed by atoms with Crippen LogP contribution in [0.15, 0.2) is 42.7 Å². The Morgan fingerprint density at radius 2 is 2.13 bits per heavy atom. The van der Waals surface area contributed by atoms with Crippen LogP contribution in [0.1, 0.15) is 25.6 Å². The third kappa shape index (κ3) is 4.57. The second kappa shape index (κ2) is 9.00. The zero-order valence-corrected chi connectivity index (χ0v) is 17.5. The third-order valence-corrected chi connectivity index (χ3v) is 5.44. The van der Waals surface area contributed by atoms with Gasteiger partial charge in [0.2, 0.25) is 0 Å². The summed E-state index contributed by atoms with van der Waals surface area (Å²) in [6.07, 6.45) is 2.90. The van der Waals surface area contributed by atoms with Crippen molar-refractivity contribution in [3.8, 4) is 22.5 Å². The first-order valence-corrected chi connectivity index (χ1v) is 10.7. The summed E-state index contributed by atoms with van der Waals surface area (Å²) in [4.78, 5) is 11.6. The van der Waals surface area contributed by atoms with Gasteiger partial charge in [-0.05, 0) is 25.5 Å². The van der Waals surface area contributed by atoms with Gasteiger partial charge in [-0.15, -0.1) is 0 Å². The summed E-state index contributed by atoms with van der Waals surface area (Å²) in [6.45, 7) is 5.68. The molecule has 3 heterocycles. The van der Waals surface area contributed by atoms with Crippen molar-refractivity contribution < 1.29 is 17.7 Å². The number of H-pyrrole nitrogens is 1. The highest BCUT2D eigenvalue weighted by atomic mass is 32.2. The average Bonchev–Trinajstić information content (AvgIpc) is 3.28. The number of rotatable bonds is 6. The first-order chi connectivity index (χ1) is 14.5. The molecule has 3 atom stereocenters. The van der Waals surface area contributed by atoms with Gasteiger partial charge in [-0.3, -0.25) is 13.8 Å². The summed E-state index contributed by atoms with van der Waals surface area (Å²) >= 11 is -2.39. The van der Waals surface area contributed by atoms with E-state index in [0.29, 0.717) is 31.3 Å². The lowest BCUT2D eigenvalue weighted by Crippen LogP contribution is -2.44. The molecule has 9 nitrogen and oxygen atoms in total. The lowest BCUT2D eigenvalue weighted by Gasteiger charge is -2.34. The number of hydrogen-bond donors (Lipinski definition) is 2. The van der Waals surface area contributed by atoms with E-state index in [0.717, 1.165) is 22.5 Å². The van der Waals surface area contributed by atoms with E-state index in [1.165, 1.54) is 0 Å². The van der Waals surface area contributed by atoms with Crippen LogP contribution in [-0.4, -0.2) is 54.7 Å². The van der Waals surface area contributed by atoms with Gasteiger partial charge in [0, 0.05) is 29.9 Å². The fourth-order valence-electron chi connectivity index (χ4n) is 3.42. The second-order valence-electron chi connectivity index (χ2n) is 7.12. The number of aromatic nitrogens is 4. The topological polar surface area (TPSA) is 113 Å². The summed E-state index contributed by atoms with van der Waals surface area (Å²) in [7, 11) is 0. The Balaban J connectivity index is 1.77. The van der Waals surface area contributed by atoms with Crippen LogP contribution in [-0.2, 0) is 20.3 Å². The van der Waals surface area contributed by atoms with E-state index in [-0.39, 0.29) is 6.04 Å². The third-order valence-electron chi connectivity index (χ3n) is 4.99. The lowest BCUT2D eigenvalue weighted by molar-refractivity contribution is 0.0985. The van der Waals surface area contributed by atoms with Gasteiger partial charge in [-0.2, -0.15) is 9.31 Å². The minimum atomic E-state index is -2.39. The molecular formula is C20H23N5O4S. The summed E-state index contributed by atoms with van der Waals surface area (Å²) in [5, 5.41) is 6.82. The molecule has 1 fully saturated rings. The van der Waals surface area contributed by atoms with E-state index in [1.54, 1.807) is 13.1 Å². The van der Waals surface area contributed by atoms with Gasteiger partial charge in [-0.25, -0.2) is 9.97 Å². The molecule has 4 rings (SSSR count). The molecule has 1 aliphatic rings. The van der Waals surface area contributed by atoms with E-state index in [9.17, 15) is 4.21 Å². The van der Waals surface area contributed by atoms with Crippen LogP contribution in [0.3, 0.4) is 0 Å². The van der Waals surface area contributed by atoms with Crippen molar-refractivity contribution in [2.24, 2.45) is 0 Å². The fourth-order valence-corrected chi connectivity index (χ4v) is 3.77. The SMILES string of the molecule is CC(OS(=O)O)c1cc(N2CCOC[C@@H]2C)nc(-c2cccc(-c3cn[nH]c3)c2)n1. The van der Waals surface area contributed by atoms with Gasteiger partial charge in [-0.1, -0.05) is 18.2 Å². The quantitative estimate of drug-likeness (QED) is 0.575. The molecule has 1 aliphatic heterocycles. The molecule has 30 heavy (non-hydrogen) atoms.